The van der Waals surface area contributed by atoms with Crippen LogP contribution in [0.25, 0.3) is 0 Å². The maximum atomic E-state index is 5.57. The average Bonchev–Trinajstić information content (AvgIpc) is 2.41. The molecule has 1 aromatic carbocycles. The molecule has 4 heteroatoms. The van der Waals surface area contributed by atoms with Crippen LogP contribution in [0.2, 0.25) is 0 Å². The van der Waals surface area contributed by atoms with Gasteiger partial charge in [-0.25, -0.2) is 0 Å². The quantitative estimate of drug-likeness (QED) is 0.737. The van der Waals surface area contributed by atoms with Gasteiger partial charge in [0.05, 0.1) is 0 Å². The van der Waals surface area contributed by atoms with Gasteiger partial charge in [0.2, 0.25) is 0 Å². The van der Waals surface area contributed by atoms with Crippen LogP contribution in [0.5, 0.6) is 5.75 Å². The Labute approximate surface area is 130 Å². The van der Waals surface area contributed by atoms with E-state index in [4.69, 9.17) is 11.2 Å². The molecular formula is C16H23BrN2O. The highest BCUT2D eigenvalue weighted by molar-refractivity contribution is 9.10. The third-order valence-electron chi connectivity index (χ3n) is 2.98. The zero-order valence-corrected chi connectivity index (χ0v) is 14.0. The van der Waals surface area contributed by atoms with E-state index in [0.29, 0.717) is 12.6 Å². The van der Waals surface area contributed by atoms with Gasteiger partial charge in [0, 0.05) is 22.6 Å². The van der Waals surface area contributed by atoms with E-state index in [1.165, 1.54) is 0 Å². The molecule has 0 saturated heterocycles. The average molecular weight is 339 g/mol. The molecule has 1 atom stereocenters. The molecule has 0 aliphatic rings. The summed E-state index contributed by atoms with van der Waals surface area (Å²) in [4.78, 5) is 2.19. The Kier molecular flexibility index (Phi) is 7.68. The topological polar surface area (TPSA) is 24.5 Å². The molecule has 0 bridgehead atoms. The summed E-state index contributed by atoms with van der Waals surface area (Å²) in [7, 11) is 4.18. The molecule has 3 nitrogen and oxygen atoms in total. The Bertz CT molecular complexity index is 454. The van der Waals surface area contributed by atoms with Crippen molar-refractivity contribution in [3.63, 3.8) is 0 Å². The Morgan fingerprint density at radius 3 is 2.85 bits per heavy atom. The van der Waals surface area contributed by atoms with Crippen LogP contribution in [0.3, 0.4) is 0 Å². The van der Waals surface area contributed by atoms with Crippen LogP contribution in [-0.4, -0.2) is 38.2 Å². The third-order valence-corrected chi connectivity index (χ3v) is 3.48. The summed E-state index contributed by atoms with van der Waals surface area (Å²) >= 11 is 3.49. The molecule has 0 aliphatic carbocycles. The first kappa shape index (κ1) is 17.0. The van der Waals surface area contributed by atoms with Crippen LogP contribution in [0.1, 0.15) is 18.9 Å². The number of terminal acetylenes is 1. The zero-order valence-electron chi connectivity index (χ0n) is 12.4. The highest BCUT2D eigenvalue weighted by atomic mass is 79.9. The van der Waals surface area contributed by atoms with Gasteiger partial charge in [-0.1, -0.05) is 21.9 Å². The van der Waals surface area contributed by atoms with Crippen LogP contribution in [0.4, 0.5) is 0 Å². The molecule has 0 spiro atoms. The van der Waals surface area contributed by atoms with E-state index in [0.717, 1.165) is 35.3 Å². The molecule has 0 aliphatic heterocycles. The lowest BCUT2D eigenvalue weighted by Gasteiger charge is -2.18. The SMILES string of the molecule is C#CCOc1ccc(Br)cc1CNC(C)CCN(C)C. The van der Waals surface area contributed by atoms with Crippen LogP contribution < -0.4 is 10.1 Å². The van der Waals surface area contributed by atoms with Gasteiger partial charge in [-0.3, -0.25) is 0 Å². The molecule has 0 saturated carbocycles. The molecule has 0 heterocycles. The summed E-state index contributed by atoms with van der Waals surface area (Å²) in [6.07, 6.45) is 6.35. The van der Waals surface area contributed by atoms with E-state index in [9.17, 15) is 0 Å². The Hall–Kier alpha value is -1.02. The molecule has 1 aromatic rings. The van der Waals surface area contributed by atoms with Crippen molar-refractivity contribution in [2.24, 2.45) is 0 Å². The van der Waals surface area contributed by atoms with Crippen LogP contribution >= 0.6 is 15.9 Å². The van der Waals surface area contributed by atoms with Gasteiger partial charge >= 0.3 is 0 Å². The van der Waals surface area contributed by atoms with E-state index in [-0.39, 0.29) is 0 Å². The van der Waals surface area contributed by atoms with Gasteiger partial charge in [0.25, 0.3) is 0 Å². The molecule has 0 fully saturated rings. The van der Waals surface area contributed by atoms with Crippen molar-refractivity contribution in [1.29, 1.82) is 0 Å². The predicted octanol–water partition coefficient (Wildman–Crippen LogP) is 2.89. The van der Waals surface area contributed by atoms with Crippen molar-refractivity contribution >= 4 is 15.9 Å². The monoisotopic (exact) mass is 338 g/mol. The summed E-state index contributed by atoms with van der Waals surface area (Å²) in [6, 6.07) is 6.43. The number of ether oxygens (including phenoxy) is 1. The van der Waals surface area contributed by atoms with Crippen LogP contribution in [0, 0.1) is 12.3 Å². The third kappa shape index (κ3) is 6.42. The summed E-state index contributed by atoms with van der Waals surface area (Å²) in [6.45, 7) is 4.34. The molecule has 0 aromatic heterocycles. The van der Waals surface area contributed by atoms with Crippen molar-refractivity contribution < 1.29 is 4.74 Å². The second kappa shape index (κ2) is 9.02. The Balaban J connectivity index is 2.57. The molecule has 1 unspecified atom stereocenters. The molecular weight excluding hydrogens is 316 g/mol. The molecule has 0 radical (unpaired) electrons. The van der Waals surface area contributed by atoms with Gasteiger partial charge in [0.1, 0.15) is 12.4 Å². The van der Waals surface area contributed by atoms with Crippen LogP contribution in [-0.2, 0) is 6.54 Å². The van der Waals surface area contributed by atoms with E-state index in [2.05, 4.69) is 59.2 Å². The molecule has 20 heavy (non-hydrogen) atoms. The first-order valence-corrected chi connectivity index (χ1v) is 7.55. The first-order chi connectivity index (χ1) is 9.52. The summed E-state index contributed by atoms with van der Waals surface area (Å²) in [5.41, 5.74) is 1.12. The van der Waals surface area contributed by atoms with E-state index < -0.39 is 0 Å². The zero-order chi connectivity index (χ0) is 15.0. The van der Waals surface area contributed by atoms with Gasteiger partial charge in [-0.15, -0.1) is 6.42 Å². The van der Waals surface area contributed by atoms with Gasteiger partial charge < -0.3 is 15.0 Å². The number of nitrogens with one attached hydrogen (secondary N) is 1. The van der Waals surface area contributed by atoms with Crippen molar-refractivity contribution in [2.75, 3.05) is 27.2 Å². The normalized spacial score (nSPS) is 12.2. The fraction of sp³-hybridized carbons (Fsp3) is 0.500. The minimum absolute atomic E-state index is 0.296. The van der Waals surface area contributed by atoms with E-state index in [1.54, 1.807) is 0 Å². The molecule has 1 rings (SSSR count). The lowest BCUT2D eigenvalue weighted by atomic mass is 10.1. The first-order valence-electron chi connectivity index (χ1n) is 6.75. The van der Waals surface area contributed by atoms with Gasteiger partial charge in [-0.2, -0.15) is 0 Å². The number of rotatable bonds is 8. The van der Waals surface area contributed by atoms with Crippen molar-refractivity contribution in [3.05, 3.63) is 28.2 Å². The van der Waals surface area contributed by atoms with E-state index in [1.807, 2.05) is 12.1 Å². The van der Waals surface area contributed by atoms with Gasteiger partial charge in [-0.05, 0) is 52.2 Å². The minimum atomic E-state index is 0.296. The Morgan fingerprint density at radius 2 is 2.20 bits per heavy atom. The second-order valence-electron chi connectivity index (χ2n) is 5.12. The Morgan fingerprint density at radius 1 is 1.45 bits per heavy atom. The maximum Gasteiger partial charge on any atom is 0.148 e. The number of nitrogens with zero attached hydrogens (tertiary/aromatic N) is 1. The molecule has 1 N–H and O–H groups in total. The number of hydrogen-bond acceptors (Lipinski definition) is 3. The van der Waals surface area contributed by atoms with Crippen molar-refractivity contribution in [1.82, 2.24) is 10.2 Å². The van der Waals surface area contributed by atoms with E-state index >= 15 is 0 Å². The number of benzene rings is 1. The fourth-order valence-electron chi connectivity index (χ4n) is 1.78. The summed E-state index contributed by atoms with van der Waals surface area (Å²) in [5, 5.41) is 3.52. The van der Waals surface area contributed by atoms with Crippen LogP contribution in [0.15, 0.2) is 22.7 Å². The standard InChI is InChI=1S/C16H23BrN2O/c1-5-10-20-16-7-6-15(17)11-14(16)12-18-13(2)8-9-19(3)4/h1,6-7,11,13,18H,8-10,12H2,2-4H3. The summed E-state index contributed by atoms with van der Waals surface area (Å²) < 4.78 is 6.61. The smallest absolute Gasteiger partial charge is 0.148 e. The fourth-order valence-corrected chi connectivity index (χ4v) is 2.19. The lowest BCUT2D eigenvalue weighted by Crippen LogP contribution is -2.29. The lowest BCUT2D eigenvalue weighted by molar-refractivity contribution is 0.354. The molecule has 0 amide bonds. The second-order valence-corrected chi connectivity index (χ2v) is 6.03. The van der Waals surface area contributed by atoms with Crippen molar-refractivity contribution in [3.8, 4) is 18.1 Å². The molecule has 110 valence electrons. The highest BCUT2D eigenvalue weighted by Crippen LogP contribution is 2.23. The minimum Gasteiger partial charge on any atom is -0.481 e. The predicted molar refractivity (Wildman–Crippen MR) is 87.9 cm³/mol. The van der Waals surface area contributed by atoms with Gasteiger partial charge in [0.15, 0.2) is 0 Å². The number of halogens is 1. The summed E-state index contributed by atoms with van der Waals surface area (Å²) in [5.74, 6) is 3.34. The van der Waals surface area contributed by atoms with Crippen molar-refractivity contribution in [2.45, 2.75) is 25.9 Å². The largest absolute Gasteiger partial charge is 0.481 e. The maximum absolute atomic E-state index is 5.57. The number of hydrogen-bond donors (Lipinski definition) is 1. The highest BCUT2D eigenvalue weighted by Gasteiger charge is 2.07.